The van der Waals surface area contributed by atoms with Gasteiger partial charge in [0, 0.05) is 0 Å². The van der Waals surface area contributed by atoms with Crippen molar-refractivity contribution in [3.05, 3.63) is 170 Å². The highest BCUT2D eigenvalue weighted by molar-refractivity contribution is 6.26. The average Bonchev–Trinajstić information content (AvgIpc) is 3.10. The van der Waals surface area contributed by atoms with Crippen molar-refractivity contribution in [2.45, 2.75) is 0 Å². The van der Waals surface area contributed by atoms with Crippen LogP contribution in [0.15, 0.2) is 170 Å². The molecule has 0 saturated carbocycles. The highest BCUT2D eigenvalue weighted by Gasteiger charge is 2.20. The fourth-order valence-corrected chi connectivity index (χ4v) is 7.28. The molecular formula is C44H28. The molecule has 0 aromatic heterocycles. The number of benzene rings is 9. The predicted octanol–water partition coefficient (Wildman–Crippen LogP) is 12.5. The fourth-order valence-electron chi connectivity index (χ4n) is 7.28. The van der Waals surface area contributed by atoms with Gasteiger partial charge in [-0.05, 0) is 99.4 Å². The Balaban J connectivity index is 1.41. The van der Waals surface area contributed by atoms with Crippen LogP contribution < -0.4 is 0 Å². The van der Waals surface area contributed by atoms with Crippen molar-refractivity contribution in [3.8, 4) is 33.4 Å². The standard InChI is InChI=1S/C44H28/c1-2-14-30-27-32(26-25-29(30)13-1)34-17-5-8-20-37(34)43-38-21-9-11-23-40(38)44(41-24-12-10-22-39(41)43)42-28-31-15-3-4-16-33(31)35-18-6-7-19-36(35)42/h1-28H. The summed E-state index contributed by atoms with van der Waals surface area (Å²) in [5.74, 6) is 0. The van der Waals surface area contributed by atoms with E-state index >= 15 is 0 Å². The third-order valence-electron chi connectivity index (χ3n) is 9.23. The van der Waals surface area contributed by atoms with Gasteiger partial charge in [-0.15, -0.1) is 0 Å². The van der Waals surface area contributed by atoms with Gasteiger partial charge in [0.15, 0.2) is 0 Å². The lowest BCUT2D eigenvalue weighted by atomic mass is 9.82. The van der Waals surface area contributed by atoms with Crippen LogP contribution in [-0.4, -0.2) is 0 Å². The van der Waals surface area contributed by atoms with Crippen molar-refractivity contribution in [1.29, 1.82) is 0 Å². The summed E-state index contributed by atoms with van der Waals surface area (Å²) in [5.41, 5.74) is 7.60. The highest BCUT2D eigenvalue weighted by Crippen LogP contribution is 2.48. The van der Waals surface area contributed by atoms with Gasteiger partial charge in [-0.25, -0.2) is 0 Å². The molecule has 0 aliphatic rings. The van der Waals surface area contributed by atoms with Crippen molar-refractivity contribution >= 4 is 53.9 Å². The van der Waals surface area contributed by atoms with E-state index in [2.05, 4.69) is 170 Å². The van der Waals surface area contributed by atoms with Gasteiger partial charge in [-0.1, -0.05) is 158 Å². The van der Waals surface area contributed by atoms with Crippen LogP contribution in [0, 0.1) is 0 Å². The first-order chi connectivity index (χ1) is 21.8. The molecule has 0 unspecified atom stereocenters. The summed E-state index contributed by atoms with van der Waals surface area (Å²) in [7, 11) is 0. The van der Waals surface area contributed by atoms with E-state index in [9.17, 15) is 0 Å². The van der Waals surface area contributed by atoms with E-state index in [-0.39, 0.29) is 0 Å². The maximum Gasteiger partial charge on any atom is -0.00199 e. The Kier molecular flexibility index (Phi) is 5.61. The molecule has 9 rings (SSSR count). The molecule has 0 aliphatic carbocycles. The Labute approximate surface area is 256 Å². The van der Waals surface area contributed by atoms with Crippen molar-refractivity contribution < 1.29 is 0 Å². The smallest absolute Gasteiger partial charge is 0.00199 e. The van der Waals surface area contributed by atoms with Gasteiger partial charge in [-0.2, -0.15) is 0 Å². The van der Waals surface area contributed by atoms with Crippen molar-refractivity contribution in [2.24, 2.45) is 0 Å². The van der Waals surface area contributed by atoms with Gasteiger partial charge in [0.05, 0.1) is 0 Å². The Morgan fingerprint density at radius 1 is 0.227 bits per heavy atom. The Hall–Kier alpha value is -5.72. The third kappa shape index (κ3) is 3.78. The maximum atomic E-state index is 2.40. The molecule has 44 heavy (non-hydrogen) atoms. The first-order valence-corrected chi connectivity index (χ1v) is 15.3. The van der Waals surface area contributed by atoms with Crippen LogP contribution in [0.25, 0.3) is 87.2 Å². The zero-order valence-corrected chi connectivity index (χ0v) is 24.2. The van der Waals surface area contributed by atoms with E-state index < -0.39 is 0 Å². The van der Waals surface area contributed by atoms with E-state index in [1.165, 1.54) is 87.2 Å². The first kappa shape index (κ1) is 24.8. The zero-order chi connectivity index (χ0) is 29.0. The average molecular weight is 557 g/mol. The molecule has 9 aromatic carbocycles. The summed E-state index contributed by atoms with van der Waals surface area (Å²) < 4.78 is 0. The van der Waals surface area contributed by atoms with Gasteiger partial charge < -0.3 is 0 Å². The quantitative estimate of drug-likeness (QED) is 0.150. The van der Waals surface area contributed by atoms with Gasteiger partial charge in [0.1, 0.15) is 0 Å². The zero-order valence-electron chi connectivity index (χ0n) is 24.2. The van der Waals surface area contributed by atoms with Crippen LogP contribution in [-0.2, 0) is 0 Å². The van der Waals surface area contributed by atoms with Crippen molar-refractivity contribution in [1.82, 2.24) is 0 Å². The highest BCUT2D eigenvalue weighted by atomic mass is 14.2. The topological polar surface area (TPSA) is 0 Å². The van der Waals surface area contributed by atoms with Crippen molar-refractivity contribution in [3.63, 3.8) is 0 Å². The van der Waals surface area contributed by atoms with E-state index in [0.717, 1.165) is 0 Å². The van der Waals surface area contributed by atoms with E-state index in [1.807, 2.05) is 0 Å². The van der Waals surface area contributed by atoms with Gasteiger partial charge >= 0.3 is 0 Å². The summed E-state index contributed by atoms with van der Waals surface area (Å²) >= 11 is 0. The van der Waals surface area contributed by atoms with Crippen molar-refractivity contribution in [2.75, 3.05) is 0 Å². The molecule has 0 aliphatic heterocycles. The van der Waals surface area contributed by atoms with Gasteiger partial charge in [-0.3, -0.25) is 0 Å². The lowest BCUT2D eigenvalue weighted by Crippen LogP contribution is -1.93. The molecule has 0 heterocycles. The third-order valence-corrected chi connectivity index (χ3v) is 9.23. The minimum Gasteiger partial charge on any atom is -0.0616 e. The molecular weight excluding hydrogens is 528 g/mol. The molecule has 0 atom stereocenters. The Morgan fingerprint density at radius 3 is 1.34 bits per heavy atom. The summed E-state index contributed by atoms with van der Waals surface area (Å²) in [6.45, 7) is 0. The minimum atomic E-state index is 1.23. The molecule has 0 N–H and O–H groups in total. The Morgan fingerprint density at radius 2 is 0.682 bits per heavy atom. The summed E-state index contributed by atoms with van der Waals surface area (Å²) in [4.78, 5) is 0. The Bertz CT molecular complexity index is 2490. The van der Waals surface area contributed by atoms with Crippen LogP contribution in [0.1, 0.15) is 0 Å². The van der Waals surface area contributed by atoms with E-state index in [4.69, 9.17) is 0 Å². The number of hydrogen-bond acceptors (Lipinski definition) is 0. The molecule has 0 amide bonds. The maximum absolute atomic E-state index is 2.40. The minimum absolute atomic E-state index is 1.23. The summed E-state index contributed by atoms with van der Waals surface area (Å²) in [6.07, 6.45) is 0. The molecule has 0 radical (unpaired) electrons. The second-order valence-corrected chi connectivity index (χ2v) is 11.6. The molecule has 0 heteroatoms. The molecule has 9 aromatic rings. The van der Waals surface area contributed by atoms with E-state index in [0.29, 0.717) is 0 Å². The normalized spacial score (nSPS) is 11.6. The second-order valence-electron chi connectivity index (χ2n) is 11.6. The molecule has 0 nitrogen and oxygen atoms in total. The first-order valence-electron chi connectivity index (χ1n) is 15.3. The molecule has 204 valence electrons. The van der Waals surface area contributed by atoms with Crippen LogP contribution in [0.5, 0.6) is 0 Å². The van der Waals surface area contributed by atoms with Crippen LogP contribution in [0.2, 0.25) is 0 Å². The number of fused-ring (bicyclic) bond motifs is 6. The molecule has 0 spiro atoms. The second kappa shape index (κ2) is 9.93. The monoisotopic (exact) mass is 556 g/mol. The van der Waals surface area contributed by atoms with E-state index in [1.54, 1.807) is 0 Å². The largest absolute Gasteiger partial charge is 0.0616 e. The lowest BCUT2D eigenvalue weighted by Gasteiger charge is -2.21. The number of rotatable bonds is 3. The van der Waals surface area contributed by atoms with Crippen LogP contribution >= 0.6 is 0 Å². The van der Waals surface area contributed by atoms with Gasteiger partial charge in [0.2, 0.25) is 0 Å². The summed E-state index contributed by atoms with van der Waals surface area (Å²) in [5, 5.41) is 12.7. The summed E-state index contributed by atoms with van der Waals surface area (Å²) in [6, 6.07) is 62.3. The SMILES string of the molecule is c1ccc(-c2c3ccccc3c(-c3cc4ccccc4c4ccccc34)c3ccccc23)c(-c2ccc3ccccc3c2)c1. The van der Waals surface area contributed by atoms with Gasteiger partial charge in [0.25, 0.3) is 0 Å². The molecule has 0 fully saturated rings. The lowest BCUT2D eigenvalue weighted by molar-refractivity contribution is 1.62. The molecule has 0 saturated heterocycles. The molecule has 0 bridgehead atoms. The van der Waals surface area contributed by atoms with Crippen LogP contribution in [0.3, 0.4) is 0 Å². The number of hydrogen-bond donors (Lipinski definition) is 0. The predicted molar refractivity (Wildman–Crippen MR) is 190 cm³/mol. The van der Waals surface area contributed by atoms with Crippen LogP contribution in [0.4, 0.5) is 0 Å². The fraction of sp³-hybridized carbons (Fsp3) is 0.